The molecular weight excluding hydrogens is 534 g/mol. The van der Waals surface area contributed by atoms with Gasteiger partial charge in [-0.15, -0.1) is 0 Å². The number of hydrogen-bond donors (Lipinski definition) is 0. The van der Waals surface area contributed by atoms with Crippen LogP contribution >= 0.6 is 0 Å². The van der Waals surface area contributed by atoms with Gasteiger partial charge in [-0.2, -0.15) is 0 Å². The van der Waals surface area contributed by atoms with Gasteiger partial charge in [0.15, 0.2) is 17.5 Å². The first-order valence-corrected chi connectivity index (χ1v) is 14.8. The molecule has 0 bridgehead atoms. The lowest BCUT2D eigenvalue weighted by atomic mass is 9.98. The van der Waals surface area contributed by atoms with E-state index in [-0.39, 0.29) is 0 Å². The topological polar surface area (TPSA) is 38.7 Å². The van der Waals surface area contributed by atoms with Crippen LogP contribution < -0.4 is 0 Å². The average molecular weight is 562 g/mol. The third-order valence-corrected chi connectivity index (χ3v) is 8.16. The Hall–Kier alpha value is -5.93. The maximum absolute atomic E-state index is 5.05. The molecule has 1 heterocycles. The second kappa shape index (κ2) is 11.0. The molecule has 0 radical (unpaired) electrons. The summed E-state index contributed by atoms with van der Waals surface area (Å²) in [5, 5.41) is 4.74. The van der Waals surface area contributed by atoms with Crippen molar-refractivity contribution in [2.24, 2.45) is 0 Å². The minimum absolute atomic E-state index is 0.651. The SMILES string of the molecule is c1ccc(-c2ccc(-c3ccc(-c4nc(-c5ccccc5)nc(-c5cccc6c5ccc5ccccc56)n4)cc3)cc2)cc1. The molecule has 8 aromatic rings. The monoisotopic (exact) mass is 561 g/mol. The van der Waals surface area contributed by atoms with E-state index in [0.717, 1.165) is 27.6 Å². The Kier molecular flexibility index (Phi) is 6.47. The molecule has 0 amide bonds. The Morgan fingerprint density at radius 1 is 0.250 bits per heavy atom. The first-order chi connectivity index (χ1) is 21.8. The van der Waals surface area contributed by atoms with E-state index in [9.17, 15) is 0 Å². The predicted molar refractivity (Wildman–Crippen MR) is 182 cm³/mol. The molecule has 0 atom stereocenters. The van der Waals surface area contributed by atoms with Crippen LogP contribution in [0.25, 0.3) is 78.0 Å². The molecule has 3 heteroatoms. The van der Waals surface area contributed by atoms with Crippen LogP contribution in [0.1, 0.15) is 0 Å². The molecule has 44 heavy (non-hydrogen) atoms. The quantitative estimate of drug-likeness (QED) is 0.196. The van der Waals surface area contributed by atoms with Crippen molar-refractivity contribution < 1.29 is 0 Å². The number of aromatic nitrogens is 3. The Bertz CT molecular complexity index is 2240. The maximum atomic E-state index is 5.05. The molecule has 0 aliphatic rings. The van der Waals surface area contributed by atoms with Gasteiger partial charge in [-0.05, 0) is 43.8 Å². The number of fused-ring (bicyclic) bond motifs is 3. The minimum Gasteiger partial charge on any atom is -0.208 e. The molecule has 8 rings (SSSR count). The highest BCUT2D eigenvalue weighted by Gasteiger charge is 2.15. The number of benzene rings is 7. The van der Waals surface area contributed by atoms with E-state index in [2.05, 4.69) is 127 Å². The lowest BCUT2D eigenvalue weighted by molar-refractivity contribution is 1.08. The van der Waals surface area contributed by atoms with E-state index in [1.807, 2.05) is 36.4 Å². The Morgan fingerprint density at radius 2 is 0.705 bits per heavy atom. The summed E-state index contributed by atoms with van der Waals surface area (Å²) in [6.45, 7) is 0. The molecule has 7 aromatic carbocycles. The Balaban J connectivity index is 1.21. The van der Waals surface area contributed by atoms with E-state index < -0.39 is 0 Å². The molecule has 206 valence electrons. The van der Waals surface area contributed by atoms with Crippen LogP contribution in [0.15, 0.2) is 164 Å². The molecule has 3 nitrogen and oxygen atoms in total. The van der Waals surface area contributed by atoms with Crippen LogP contribution in [0.4, 0.5) is 0 Å². The van der Waals surface area contributed by atoms with Crippen LogP contribution in [-0.2, 0) is 0 Å². The Labute approximate surface area is 256 Å². The van der Waals surface area contributed by atoms with Gasteiger partial charge in [0.2, 0.25) is 0 Å². The van der Waals surface area contributed by atoms with E-state index in [4.69, 9.17) is 15.0 Å². The van der Waals surface area contributed by atoms with Gasteiger partial charge < -0.3 is 0 Å². The van der Waals surface area contributed by atoms with Crippen molar-refractivity contribution in [2.45, 2.75) is 0 Å². The summed E-state index contributed by atoms with van der Waals surface area (Å²) in [4.78, 5) is 15.0. The summed E-state index contributed by atoms with van der Waals surface area (Å²) in [5.74, 6) is 1.97. The van der Waals surface area contributed by atoms with Crippen molar-refractivity contribution >= 4 is 21.5 Å². The number of rotatable bonds is 5. The van der Waals surface area contributed by atoms with Gasteiger partial charge in [-0.3, -0.25) is 0 Å². The van der Waals surface area contributed by atoms with Gasteiger partial charge in [-0.25, -0.2) is 15.0 Å². The number of hydrogen-bond acceptors (Lipinski definition) is 3. The summed E-state index contributed by atoms with van der Waals surface area (Å²) in [6, 6.07) is 57.0. The van der Waals surface area contributed by atoms with Crippen LogP contribution in [0.5, 0.6) is 0 Å². The predicted octanol–water partition coefficient (Wildman–Crippen LogP) is 10.5. The second-order valence-corrected chi connectivity index (χ2v) is 10.9. The third kappa shape index (κ3) is 4.81. The third-order valence-electron chi connectivity index (χ3n) is 8.16. The van der Waals surface area contributed by atoms with E-state index >= 15 is 0 Å². The molecule has 0 saturated heterocycles. The van der Waals surface area contributed by atoms with Crippen molar-refractivity contribution in [3.63, 3.8) is 0 Å². The molecule has 0 fully saturated rings. The second-order valence-electron chi connectivity index (χ2n) is 10.9. The summed E-state index contributed by atoms with van der Waals surface area (Å²) >= 11 is 0. The van der Waals surface area contributed by atoms with Crippen molar-refractivity contribution in [1.29, 1.82) is 0 Å². The first kappa shape index (κ1) is 25.8. The van der Waals surface area contributed by atoms with Gasteiger partial charge in [0.1, 0.15) is 0 Å². The average Bonchev–Trinajstić information content (AvgIpc) is 3.12. The van der Waals surface area contributed by atoms with Crippen LogP contribution in [0.3, 0.4) is 0 Å². The van der Waals surface area contributed by atoms with Gasteiger partial charge in [0.05, 0.1) is 0 Å². The summed E-state index contributed by atoms with van der Waals surface area (Å²) < 4.78 is 0. The fraction of sp³-hybridized carbons (Fsp3) is 0. The molecule has 0 spiro atoms. The number of nitrogens with zero attached hydrogens (tertiary/aromatic N) is 3. The molecule has 0 aliphatic carbocycles. The molecule has 0 saturated carbocycles. The fourth-order valence-electron chi connectivity index (χ4n) is 5.87. The minimum atomic E-state index is 0.651. The maximum Gasteiger partial charge on any atom is 0.164 e. The first-order valence-electron chi connectivity index (χ1n) is 14.8. The van der Waals surface area contributed by atoms with E-state index in [1.54, 1.807) is 0 Å². The van der Waals surface area contributed by atoms with Crippen LogP contribution in [0.2, 0.25) is 0 Å². The zero-order valence-electron chi connectivity index (χ0n) is 23.9. The van der Waals surface area contributed by atoms with Crippen LogP contribution in [0, 0.1) is 0 Å². The molecule has 0 unspecified atom stereocenters. The summed E-state index contributed by atoms with van der Waals surface area (Å²) in [6.07, 6.45) is 0. The zero-order chi connectivity index (χ0) is 29.3. The lowest BCUT2D eigenvalue weighted by Gasteiger charge is -2.12. The van der Waals surface area contributed by atoms with E-state index in [1.165, 1.54) is 32.8 Å². The zero-order valence-corrected chi connectivity index (χ0v) is 23.9. The smallest absolute Gasteiger partial charge is 0.164 e. The molecular formula is C41H27N3. The molecule has 0 N–H and O–H groups in total. The van der Waals surface area contributed by atoms with Gasteiger partial charge in [-0.1, -0.05) is 164 Å². The highest BCUT2D eigenvalue weighted by Crippen LogP contribution is 2.34. The summed E-state index contributed by atoms with van der Waals surface area (Å²) in [5.41, 5.74) is 7.63. The van der Waals surface area contributed by atoms with Crippen molar-refractivity contribution in [3.8, 4) is 56.4 Å². The lowest BCUT2D eigenvalue weighted by Crippen LogP contribution is -2.00. The fourth-order valence-corrected chi connectivity index (χ4v) is 5.87. The highest BCUT2D eigenvalue weighted by molar-refractivity contribution is 6.11. The van der Waals surface area contributed by atoms with Crippen LogP contribution in [-0.4, -0.2) is 15.0 Å². The highest BCUT2D eigenvalue weighted by atomic mass is 15.0. The van der Waals surface area contributed by atoms with E-state index in [0.29, 0.717) is 17.5 Å². The summed E-state index contributed by atoms with van der Waals surface area (Å²) in [7, 11) is 0. The van der Waals surface area contributed by atoms with Gasteiger partial charge in [0.25, 0.3) is 0 Å². The normalized spacial score (nSPS) is 11.2. The molecule has 0 aliphatic heterocycles. The van der Waals surface area contributed by atoms with Gasteiger partial charge in [0, 0.05) is 16.7 Å². The van der Waals surface area contributed by atoms with Crippen molar-refractivity contribution in [3.05, 3.63) is 164 Å². The standard InChI is InChI=1S/C41H27N3/c1-3-10-28(11-4-1)29-18-20-30(21-19-29)31-22-24-34(25-23-31)40-42-39(33-13-5-2-6-14-33)43-41(44-40)38-17-9-16-36-35-15-8-7-12-32(35)26-27-37(36)38/h1-27H. The van der Waals surface area contributed by atoms with Crippen molar-refractivity contribution in [1.82, 2.24) is 15.0 Å². The van der Waals surface area contributed by atoms with Crippen molar-refractivity contribution in [2.75, 3.05) is 0 Å². The Morgan fingerprint density at radius 3 is 1.34 bits per heavy atom. The van der Waals surface area contributed by atoms with Gasteiger partial charge >= 0.3 is 0 Å². The largest absolute Gasteiger partial charge is 0.208 e. The molecule has 1 aromatic heterocycles.